The van der Waals surface area contributed by atoms with Crippen molar-refractivity contribution >= 4 is 39.0 Å². The zero-order valence-electron chi connectivity index (χ0n) is 8.80. The van der Waals surface area contributed by atoms with Crippen LogP contribution in [0.4, 0.5) is 10.7 Å². The molecule has 84 valence electrons. The van der Waals surface area contributed by atoms with Gasteiger partial charge >= 0.3 is 6.09 Å². The minimum absolute atomic E-state index is 0.378. The molecular formula is C10H10BrN3O2. The number of rotatable bonds is 1. The van der Waals surface area contributed by atoms with E-state index in [0.29, 0.717) is 5.95 Å². The highest BCUT2D eigenvalue weighted by Gasteiger charge is 2.08. The van der Waals surface area contributed by atoms with Crippen LogP contribution in [0.3, 0.4) is 0 Å². The molecule has 0 unspecified atom stereocenters. The normalized spacial score (nSPS) is 10.4. The van der Waals surface area contributed by atoms with Gasteiger partial charge in [-0.15, -0.1) is 0 Å². The second kappa shape index (κ2) is 4.13. The third kappa shape index (κ3) is 2.01. The van der Waals surface area contributed by atoms with E-state index in [2.05, 4.69) is 36.0 Å². The molecule has 0 bridgehead atoms. The molecule has 0 aliphatic rings. The molecule has 0 radical (unpaired) electrons. The number of methoxy groups -OCH3 is 1. The minimum atomic E-state index is -0.546. The molecule has 0 saturated carbocycles. The van der Waals surface area contributed by atoms with Crippen molar-refractivity contribution in [2.45, 2.75) is 6.92 Å². The number of aromatic amines is 1. The van der Waals surface area contributed by atoms with Crippen molar-refractivity contribution in [1.29, 1.82) is 0 Å². The molecule has 0 aliphatic heterocycles. The Bertz CT molecular complexity index is 550. The first kappa shape index (κ1) is 10.9. The molecule has 1 amide bonds. The molecule has 2 N–H and O–H groups in total. The van der Waals surface area contributed by atoms with E-state index < -0.39 is 6.09 Å². The fourth-order valence-corrected chi connectivity index (χ4v) is 2.03. The van der Waals surface area contributed by atoms with Crippen molar-refractivity contribution < 1.29 is 9.53 Å². The van der Waals surface area contributed by atoms with Gasteiger partial charge in [0.1, 0.15) is 0 Å². The van der Waals surface area contributed by atoms with E-state index in [1.165, 1.54) is 7.11 Å². The quantitative estimate of drug-likeness (QED) is 0.846. The van der Waals surface area contributed by atoms with Crippen LogP contribution in [0.15, 0.2) is 16.6 Å². The number of ether oxygens (including phenoxy) is 1. The summed E-state index contributed by atoms with van der Waals surface area (Å²) in [5.41, 5.74) is 2.71. The van der Waals surface area contributed by atoms with E-state index in [1.807, 2.05) is 19.1 Å². The van der Waals surface area contributed by atoms with Crippen molar-refractivity contribution in [2.24, 2.45) is 0 Å². The van der Waals surface area contributed by atoms with Gasteiger partial charge in [-0.2, -0.15) is 0 Å². The molecule has 0 aliphatic carbocycles. The van der Waals surface area contributed by atoms with Crippen LogP contribution in [0.1, 0.15) is 5.56 Å². The summed E-state index contributed by atoms with van der Waals surface area (Å²) in [6.07, 6.45) is -0.546. The van der Waals surface area contributed by atoms with Crippen LogP contribution in [-0.4, -0.2) is 23.2 Å². The number of carbonyl (C=O) groups excluding carboxylic acids is 1. The molecule has 5 nitrogen and oxygen atoms in total. The number of amides is 1. The van der Waals surface area contributed by atoms with Gasteiger partial charge in [0, 0.05) is 4.47 Å². The summed E-state index contributed by atoms with van der Waals surface area (Å²) in [5, 5.41) is 2.48. The Balaban J connectivity index is 2.44. The molecule has 2 aromatic rings. The number of imidazole rings is 1. The van der Waals surface area contributed by atoms with Crippen LogP contribution in [0.25, 0.3) is 11.0 Å². The summed E-state index contributed by atoms with van der Waals surface area (Å²) >= 11 is 3.40. The Kier molecular flexibility index (Phi) is 2.82. The SMILES string of the molecule is COC(=O)Nc1nc2c(C)cc(Br)cc2[nH]1. The lowest BCUT2D eigenvalue weighted by atomic mass is 10.2. The number of nitrogens with one attached hydrogen (secondary N) is 2. The molecular weight excluding hydrogens is 274 g/mol. The van der Waals surface area contributed by atoms with Gasteiger partial charge in [-0.25, -0.2) is 9.78 Å². The summed E-state index contributed by atoms with van der Waals surface area (Å²) in [6, 6.07) is 3.86. The van der Waals surface area contributed by atoms with Gasteiger partial charge in [0.05, 0.1) is 18.1 Å². The lowest BCUT2D eigenvalue weighted by Gasteiger charge is -1.96. The number of aryl methyl sites for hydroxylation is 1. The Morgan fingerprint density at radius 1 is 1.56 bits per heavy atom. The van der Waals surface area contributed by atoms with Gasteiger partial charge in [-0.1, -0.05) is 15.9 Å². The van der Waals surface area contributed by atoms with E-state index in [-0.39, 0.29) is 0 Å². The summed E-state index contributed by atoms with van der Waals surface area (Å²) in [4.78, 5) is 18.2. The summed E-state index contributed by atoms with van der Waals surface area (Å²) in [5.74, 6) is 0.378. The number of nitrogens with zero attached hydrogens (tertiary/aromatic N) is 1. The molecule has 0 saturated heterocycles. The summed E-state index contributed by atoms with van der Waals surface area (Å²) in [7, 11) is 1.31. The van der Waals surface area contributed by atoms with Gasteiger partial charge in [0.2, 0.25) is 5.95 Å². The lowest BCUT2D eigenvalue weighted by Crippen LogP contribution is -2.11. The second-order valence-electron chi connectivity index (χ2n) is 3.32. The Hall–Kier alpha value is -1.56. The number of fused-ring (bicyclic) bond motifs is 1. The first-order valence-electron chi connectivity index (χ1n) is 4.61. The third-order valence-corrected chi connectivity index (χ3v) is 2.61. The van der Waals surface area contributed by atoms with Crippen LogP contribution in [-0.2, 0) is 4.74 Å². The second-order valence-corrected chi connectivity index (χ2v) is 4.24. The van der Waals surface area contributed by atoms with Crippen LogP contribution in [0.2, 0.25) is 0 Å². The standard InChI is InChI=1S/C10H10BrN3O2/c1-5-3-6(11)4-7-8(5)13-9(12-7)14-10(15)16-2/h3-4H,1-2H3,(H2,12,13,14,15). The monoisotopic (exact) mass is 283 g/mol. The fraction of sp³-hybridized carbons (Fsp3) is 0.200. The van der Waals surface area contributed by atoms with Crippen LogP contribution in [0, 0.1) is 6.92 Å². The number of H-pyrrole nitrogens is 1. The maximum atomic E-state index is 11.0. The highest BCUT2D eigenvalue weighted by atomic mass is 79.9. The van der Waals surface area contributed by atoms with Crippen LogP contribution >= 0.6 is 15.9 Å². The van der Waals surface area contributed by atoms with Gasteiger partial charge in [0.25, 0.3) is 0 Å². The van der Waals surface area contributed by atoms with Gasteiger partial charge in [0.15, 0.2) is 0 Å². The maximum Gasteiger partial charge on any atom is 0.413 e. The molecule has 1 aromatic heterocycles. The van der Waals surface area contributed by atoms with Crippen LogP contribution < -0.4 is 5.32 Å². The summed E-state index contributed by atoms with van der Waals surface area (Å²) < 4.78 is 5.45. The Morgan fingerprint density at radius 2 is 2.31 bits per heavy atom. The first-order valence-corrected chi connectivity index (χ1v) is 5.40. The van der Waals surface area contributed by atoms with Gasteiger partial charge in [-0.05, 0) is 24.6 Å². The number of halogens is 1. The third-order valence-electron chi connectivity index (χ3n) is 2.15. The fourth-order valence-electron chi connectivity index (χ4n) is 1.45. The first-order chi connectivity index (χ1) is 7.60. The molecule has 6 heteroatoms. The van der Waals surface area contributed by atoms with E-state index in [1.54, 1.807) is 0 Å². The number of hydrogen-bond donors (Lipinski definition) is 2. The van der Waals surface area contributed by atoms with Crippen LogP contribution in [0.5, 0.6) is 0 Å². The molecule has 16 heavy (non-hydrogen) atoms. The van der Waals surface area contributed by atoms with E-state index in [9.17, 15) is 4.79 Å². The average molecular weight is 284 g/mol. The number of hydrogen-bond acceptors (Lipinski definition) is 3. The minimum Gasteiger partial charge on any atom is -0.453 e. The Morgan fingerprint density at radius 3 is 3.00 bits per heavy atom. The van der Waals surface area contributed by atoms with Crippen molar-refractivity contribution in [3.05, 3.63) is 22.2 Å². The highest BCUT2D eigenvalue weighted by molar-refractivity contribution is 9.10. The van der Waals surface area contributed by atoms with Crippen molar-refractivity contribution in [1.82, 2.24) is 9.97 Å². The van der Waals surface area contributed by atoms with E-state index >= 15 is 0 Å². The van der Waals surface area contributed by atoms with E-state index in [4.69, 9.17) is 0 Å². The largest absolute Gasteiger partial charge is 0.453 e. The number of benzene rings is 1. The topological polar surface area (TPSA) is 67.0 Å². The molecule has 0 fully saturated rings. The van der Waals surface area contributed by atoms with Gasteiger partial charge in [-0.3, -0.25) is 5.32 Å². The zero-order chi connectivity index (χ0) is 11.7. The zero-order valence-corrected chi connectivity index (χ0v) is 10.4. The summed E-state index contributed by atoms with van der Waals surface area (Å²) in [6.45, 7) is 1.95. The maximum absolute atomic E-state index is 11.0. The average Bonchev–Trinajstić information content (AvgIpc) is 2.60. The number of anilines is 1. The predicted molar refractivity (Wildman–Crippen MR) is 64.6 cm³/mol. The molecule has 1 aromatic carbocycles. The number of carbonyl (C=O) groups is 1. The number of aromatic nitrogens is 2. The molecule has 0 spiro atoms. The lowest BCUT2D eigenvalue weighted by molar-refractivity contribution is 0.186. The van der Waals surface area contributed by atoms with Crippen molar-refractivity contribution in [2.75, 3.05) is 12.4 Å². The molecule has 0 atom stereocenters. The molecule has 1 heterocycles. The Labute approximate surface area is 100 Å². The smallest absolute Gasteiger partial charge is 0.413 e. The van der Waals surface area contributed by atoms with Crippen molar-refractivity contribution in [3.8, 4) is 0 Å². The predicted octanol–water partition coefficient (Wildman–Crippen LogP) is 2.81. The molecule has 2 rings (SSSR count). The highest BCUT2D eigenvalue weighted by Crippen LogP contribution is 2.23. The van der Waals surface area contributed by atoms with Crippen molar-refractivity contribution in [3.63, 3.8) is 0 Å². The van der Waals surface area contributed by atoms with Gasteiger partial charge < -0.3 is 9.72 Å². The van der Waals surface area contributed by atoms with E-state index in [0.717, 1.165) is 21.1 Å².